The SMILES string of the molecule is CN(c1ccc(Cl)cc1)S(=O)(=O)c1ccc2[nH]c(=O)c(=O)[nH]c2c1.NC[C@H]1O[C@H](O[C@H]2[C@H](O)[C@@H](O[C@H]3O[C@H](CO)[C@@H](O)[C@H](N)[C@H]3O)[C@H](N)C[C@@H]2N)[C@H](O)[C@@H](O)[C@@H]1O. The number of nitrogens with one attached hydrogen (secondary N) is 2. The van der Waals surface area contributed by atoms with Crippen molar-refractivity contribution in [1.29, 1.82) is 0 Å². The predicted molar refractivity (Wildman–Crippen MR) is 200 cm³/mol. The Morgan fingerprint density at radius 2 is 1.32 bits per heavy atom. The number of anilines is 1. The van der Waals surface area contributed by atoms with Crippen LogP contribution in [-0.2, 0) is 29.0 Å². The molecule has 318 valence electrons. The van der Waals surface area contributed by atoms with E-state index in [1.807, 2.05) is 0 Å². The Balaban J connectivity index is 0.000000228. The molecule has 6 rings (SSSR count). The molecule has 3 aliphatic rings. The van der Waals surface area contributed by atoms with Crippen LogP contribution in [0.1, 0.15) is 6.42 Å². The number of aliphatic hydroxyl groups is 7. The minimum Gasteiger partial charge on any atom is -0.394 e. The first-order valence-corrected chi connectivity index (χ1v) is 19.4. The number of aromatic amines is 2. The highest BCUT2D eigenvalue weighted by Gasteiger charge is 2.51. The van der Waals surface area contributed by atoms with Crippen LogP contribution in [0.25, 0.3) is 11.0 Å². The van der Waals surface area contributed by atoms with Gasteiger partial charge in [-0.15, -0.1) is 0 Å². The van der Waals surface area contributed by atoms with Crippen molar-refractivity contribution in [3.05, 3.63) is 68.2 Å². The number of aromatic nitrogens is 2. The van der Waals surface area contributed by atoms with Crippen molar-refractivity contribution in [1.82, 2.24) is 9.97 Å². The van der Waals surface area contributed by atoms with Gasteiger partial charge >= 0.3 is 11.1 Å². The van der Waals surface area contributed by atoms with Gasteiger partial charge in [0.25, 0.3) is 10.0 Å². The Morgan fingerprint density at radius 1 is 0.772 bits per heavy atom. The summed E-state index contributed by atoms with van der Waals surface area (Å²) in [6.45, 7) is -0.763. The number of rotatable bonds is 9. The number of sulfonamides is 1. The third-order valence-corrected chi connectivity index (χ3v) is 12.1. The van der Waals surface area contributed by atoms with Gasteiger partial charge in [0, 0.05) is 30.7 Å². The predicted octanol–water partition coefficient (Wildman–Crippen LogP) is -5.60. The zero-order chi connectivity index (χ0) is 42.1. The molecule has 0 spiro atoms. The van der Waals surface area contributed by atoms with E-state index < -0.39 is 119 Å². The summed E-state index contributed by atoms with van der Waals surface area (Å²) in [5, 5.41) is 71.4. The molecule has 0 bridgehead atoms. The van der Waals surface area contributed by atoms with Crippen LogP contribution in [-0.4, -0.2) is 166 Å². The first-order valence-electron chi connectivity index (χ1n) is 17.6. The standard InChI is InChI=1S/C18H36N4O11.C15H12ClN3O4S/c19-2-6-10(25)12(27)13(28)18(30-6)33-16-5(21)1-4(20)15(14(16)29)32-17-11(26)8(22)9(24)7(3-23)31-17;1-19(10-4-2-9(16)3-5-10)24(22,23)11-6-7-12-13(8-11)18-15(21)14(20)17-12/h4-18,23-29H,1-3,19-22H2;2-8H,1H3,(H,17,20)(H,18,21)/t4-,5+,6-,7-,8+,9-,10-,11-,12+,13-,14-,15+,16-,17-,18-;/m1./s1. The van der Waals surface area contributed by atoms with E-state index in [0.29, 0.717) is 16.2 Å². The van der Waals surface area contributed by atoms with Gasteiger partial charge in [-0.25, -0.2) is 8.42 Å². The number of nitrogens with two attached hydrogens (primary N) is 4. The Bertz CT molecular complexity index is 1990. The van der Waals surface area contributed by atoms with Gasteiger partial charge in [-0.2, -0.15) is 0 Å². The first kappa shape index (κ1) is 44.9. The molecule has 2 aromatic carbocycles. The topological polar surface area (TPSA) is 386 Å². The molecule has 22 nitrogen and oxygen atoms in total. The highest BCUT2D eigenvalue weighted by molar-refractivity contribution is 7.92. The molecule has 3 heterocycles. The Kier molecular flexibility index (Phi) is 14.5. The molecule has 0 unspecified atom stereocenters. The molecule has 3 fully saturated rings. The van der Waals surface area contributed by atoms with Gasteiger partial charge in [-0.05, 0) is 48.9 Å². The molecule has 15 atom stereocenters. The minimum atomic E-state index is -3.84. The van der Waals surface area contributed by atoms with Crippen LogP contribution < -0.4 is 38.4 Å². The molecule has 1 aromatic heterocycles. The molecule has 2 saturated heterocycles. The van der Waals surface area contributed by atoms with Crippen molar-refractivity contribution in [2.45, 2.75) is 103 Å². The number of H-pyrrole nitrogens is 2. The number of hydrogen-bond donors (Lipinski definition) is 13. The van der Waals surface area contributed by atoms with Gasteiger partial charge in [0.15, 0.2) is 12.6 Å². The zero-order valence-corrected chi connectivity index (χ0v) is 31.8. The maximum absolute atomic E-state index is 12.7. The third-order valence-electron chi connectivity index (χ3n) is 10.0. The van der Waals surface area contributed by atoms with E-state index in [2.05, 4.69) is 9.97 Å². The van der Waals surface area contributed by atoms with Crippen LogP contribution in [0.4, 0.5) is 5.69 Å². The number of nitrogens with zero attached hydrogens (tertiary/aromatic N) is 1. The molecule has 3 aromatic rings. The van der Waals surface area contributed by atoms with Crippen LogP contribution in [0.5, 0.6) is 0 Å². The number of ether oxygens (including phenoxy) is 4. The summed E-state index contributed by atoms with van der Waals surface area (Å²) in [6.07, 6.45) is -16.5. The average Bonchev–Trinajstić information content (AvgIpc) is 3.18. The van der Waals surface area contributed by atoms with Crippen molar-refractivity contribution >= 4 is 38.3 Å². The lowest BCUT2D eigenvalue weighted by Gasteiger charge is -2.48. The molecule has 0 radical (unpaired) electrons. The van der Waals surface area contributed by atoms with Crippen LogP contribution >= 0.6 is 11.6 Å². The van der Waals surface area contributed by atoms with E-state index >= 15 is 0 Å². The molecule has 0 amide bonds. The molecular formula is C33H48ClN7O15S. The van der Waals surface area contributed by atoms with Crippen LogP contribution in [0.15, 0.2) is 56.9 Å². The smallest absolute Gasteiger partial charge is 0.314 e. The van der Waals surface area contributed by atoms with Crippen LogP contribution in [0.2, 0.25) is 5.02 Å². The second-order valence-electron chi connectivity index (χ2n) is 13.9. The lowest BCUT2D eigenvalue weighted by molar-refractivity contribution is -0.332. The van der Waals surface area contributed by atoms with Crippen LogP contribution in [0.3, 0.4) is 0 Å². The second kappa shape index (κ2) is 18.4. The maximum atomic E-state index is 12.7. The number of benzene rings is 2. The summed E-state index contributed by atoms with van der Waals surface area (Å²) in [4.78, 5) is 27.4. The average molecular weight is 850 g/mol. The van der Waals surface area contributed by atoms with Crippen LogP contribution in [0, 0.1) is 0 Å². The van der Waals surface area contributed by atoms with Gasteiger partial charge in [-0.1, -0.05) is 11.6 Å². The quantitative estimate of drug-likeness (QED) is 0.0893. The molecular weight excluding hydrogens is 802 g/mol. The largest absolute Gasteiger partial charge is 0.394 e. The van der Waals surface area contributed by atoms with E-state index in [4.69, 9.17) is 53.5 Å². The van der Waals surface area contributed by atoms with Gasteiger partial charge in [0.05, 0.1) is 34.3 Å². The summed E-state index contributed by atoms with van der Waals surface area (Å²) in [7, 11) is -2.43. The molecule has 57 heavy (non-hydrogen) atoms. The number of hydrogen-bond acceptors (Lipinski definition) is 19. The van der Waals surface area contributed by atoms with Crippen molar-refractivity contribution in [2.24, 2.45) is 22.9 Å². The Hall–Kier alpha value is -3.18. The fourth-order valence-electron chi connectivity index (χ4n) is 6.60. The monoisotopic (exact) mass is 849 g/mol. The lowest BCUT2D eigenvalue weighted by Crippen LogP contribution is -2.68. The van der Waals surface area contributed by atoms with Crippen molar-refractivity contribution in [3.63, 3.8) is 0 Å². The fourth-order valence-corrected chi connectivity index (χ4v) is 7.95. The number of fused-ring (bicyclic) bond motifs is 1. The highest BCUT2D eigenvalue weighted by atomic mass is 35.5. The summed E-state index contributed by atoms with van der Waals surface area (Å²) in [5.41, 5.74) is 22.9. The Labute approximate surface area is 329 Å². The highest BCUT2D eigenvalue weighted by Crippen LogP contribution is 2.31. The van der Waals surface area contributed by atoms with Gasteiger partial charge < -0.3 is 87.6 Å². The van der Waals surface area contributed by atoms with E-state index in [1.54, 1.807) is 24.3 Å². The molecule has 1 aliphatic carbocycles. The first-order chi connectivity index (χ1) is 26.8. The minimum absolute atomic E-state index is 0.0184. The van der Waals surface area contributed by atoms with E-state index in [1.165, 1.54) is 25.2 Å². The fraction of sp³-hybridized carbons (Fsp3) is 0.576. The molecule has 1 saturated carbocycles. The summed E-state index contributed by atoms with van der Waals surface area (Å²) < 4.78 is 48.8. The number of halogens is 1. The summed E-state index contributed by atoms with van der Waals surface area (Å²) in [6, 6.07) is 7.57. The second-order valence-corrected chi connectivity index (χ2v) is 16.3. The Morgan fingerprint density at radius 3 is 1.88 bits per heavy atom. The molecule has 2 aliphatic heterocycles. The van der Waals surface area contributed by atoms with Crippen molar-refractivity contribution in [2.75, 3.05) is 24.5 Å². The summed E-state index contributed by atoms with van der Waals surface area (Å²) >= 11 is 5.81. The van der Waals surface area contributed by atoms with Gasteiger partial charge in [0.1, 0.15) is 61.0 Å². The van der Waals surface area contributed by atoms with E-state index in [-0.39, 0.29) is 23.4 Å². The normalized spacial score (nSPS) is 36.0. The zero-order valence-electron chi connectivity index (χ0n) is 30.3. The van der Waals surface area contributed by atoms with E-state index in [9.17, 15) is 53.8 Å². The summed E-state index contributed by atoms with van der Waals surface area (Å²) in [5.74, 6) is 0. The molecule has 24 heteroatoms. The number of aliphatic hydroxyl groups excluding tert-OH is 7. The third kappa shape index (κ3) is 9.50. The van der Waals surface area contributed by atoms with Crippen molar-refractivity contribution in [3.8, 4) is 0 Å². The van der Waals surface area contributed by atoms with Gasteiger partial charge in [-0.3, -0.25) is 13.9 Å². The lowest BCUT2D eigenvalue weighted by atomic mass is 9.84. The van der Waals surface area contributed by atoms with E-state index in [0.717, 1.165) is 4.31 Å². The van der Waals surface area contributed by atoms with Crippen molar-refractivity contribution < 1.29 is 63.1 Å². The maximum Gasteiger partial charge on any atom is 0.314 e. The molecule has 17 N–H and O–H groups in total. The van der Waals surface area contributed by atoms with Gasteiger partial charge in [0.2, 0.25) is 0 Å².